The van der Waals surface area contributed by atoms with E-state index in [0.717, 1.165) is 5.56 Å². The largest absolute Gasteiger partial charge is 0.493 e. The number of carbonyl (C=O) groups is 1. The summed E-state index contributed by atoms with van der Waals surface area (Å²) in [5.74, 6) is 1.16. The number of benzene rings is 1. The van der Waals surface area contributed by atoms with Crippen LogP contribution in [0.25, 0.3) is 6.08 Å². The first-order valence-corrected chi connectivity index (χ1v) is 6.99. The Kier molecular flexibility index (Phi) is 6.93. The third-order valence-electron chi connectivity index (χ3n) is 2.42. The molecule has 110 valence electrons. The van der Waals surface area contributed by atoms with Crippen LogP contribution in [-0.4, -0.2) is 39.2 Å². The number of alkyl halides is 1. The molecule has 0 N–H and O–H groups in total. The molecular weight excluding hydrogens is 328 g/mol. The number of rotatable bonds is 7. The number of hydrogen-bond acceptors (Lipinski definition) is 5. The molecule has 0 amide bonds. The van der Waals surface area contributed by atoms with Gasteiger partial charge in [-0.05, 0) is 23.8 Å². The molecule has 5 nitrogen and oxygen atoms in total. The fourth-order valence-electron chi connectivity index (χ4n) is 1.55. The molecule has 6 heteroatoms. The van der Waals surface area contributed by atoms with Crippen LogP contribution in [0.2, 0.25) is 0 Å². The van der Waals surface area contributed by atoms with Crippen molar-refractivity contribution in [1.82, 2.24) is 0 Å². The van der Waals surface area contributed by atoms with E-state index in [0.29, 0.717) is 29.2 Å². The summed E-state index contributed by atoms with van der Waals surface area (Å²) in [7, 11) is 4.61. The Hall–Kier alpha value is -1.69. The van der Waals surface area contributed by atoms with Crippen molar-refractivity contribution in [3.05, 3.63) is 23.8 Å². The van der Waals surface area contributed by atoms with Crippen LogP contribution in [0, 0.1) is 0 Å². The number of carbonyl (C=O) groups excluding carboxylic acids is 1. The first kappa shape index (κ1) is 16.4. The molecule has 1 aromatic carbocycles. The van der Waals surface area contributed by atoms with Gasteiger partial charge in [0.25, 0.3) is 0 Å². The van der Waals surface area contributed by atoms with Gasteiger partial charge in [-0.3, -0.25) is 0 Å². The zero-order chi connectivity index (χ0) is 15.0. The van der Waals surface area contributed by atoms with E-state index < -0.39 is 5.97 Å². The van der Waals surface area contributed by atoms with E-state index in [9.17, 15) is 4.79 Å². The van der Waals surface area contributed by atoms with Gasteiger partial charge in [0.2, 0.25) is 5.75 Å². The average molecular weight is 345 g/mol. The van der Waals surface area contributed by atoms with E-state index in [1.54, 1.807) is 18.2 Å². The fraction of sp³-hybridized carbons (Fsp3) is 0.357. The Morgan fingerprint density at radius 1 is 1.15 bits per heavy atom. The summed E-state index contributed by atoms with van der Waals surface area (Å²) in [5.41, 5.74) is 0.746. The summed E-state index contributed by atoms with van der Waals surface area (Å²) in [5, 5.41) is 0.608. The van der Waals surface area contributed by atoms with Gasteiger partial charge < -0.3 is 18.9 Å². The average Bonchev–Trinajstić information content (AvgIpc) is 2.49. The number of methoxy groups -OCH3 is 3. The smallest absolute Gasteiger partial charge is 0.330 e. The van der Waals surface area contributed by atoms with Gasteiger partial charge in [0.1, 0.15) is 6.61 Å². The van der Waals surface area contributed by atoms with Gasteiger partial charge in [-0.1, -0.05) is 15.9 Å². The number of halogens is 1. The van der Waals surface area contributed by atoms with Crippen molar-refractivity contribution in [1.29, 1.82) is 0 Å². The lowest BCUT2D eigenvalue weighted by Crippen LogP contribution is -2.02. The molecule has 0 saturated carbocycles. The van der Waals surface area contributed by atoms with Gasteiger partial charge in [-0.25, -0.2) is 4.79 Å². The van der Waals surface area contributed by atoms with Crippen LogP contribution in [0.15, 0.2) is 18.2 Å². The molecule has 0 aliphatic heterocycles. The minimum atomic E-state index is -0.404. The minimum Gasteiger partial charge on any atom is -0.493 e. The predicted molar refractivity (Wildman–Crippen MR) is 79.9 cm³/mol. The SMILES string of the molecule is COc1cc(/C=C/C(=O)OCCBr)cc(OC)c1OC. The third-order valence-corrected chi connectivity index (χ3v) is 2.74. The van der Waals surface area contributed by atoms with Crippen molar-refractivity contribution >= 4 is 28.0 Å². The summed E-state index contributed by atoms with van der Waals surface area (Å²) in [4.78, 5) is 11.4. The fourth-order valence-corrected chi connectivity index (χ4v) is 1.71. The second-order valence-corrected chi connectivity index (χ2v) is 4.44. The highest BCUT2D eigenvalue weighted by Crippen LogP contribution is 2.38. The number of esters is 1. The standard InChI is InChI=1S/C14H17BrO5/c1-17-11-8-10(4-5-13(16)20-7-6-15)9-12(18-2)14(11)19-3/h4-5,8-9H,6-7H2,1-3H3/b5-4+. The maximum atomic E-state index is 11.4. The normalized spacial score (nSPS) is 10.4. The molecule has 20 heavy (non-hydrogen) atoms. The molecule has 0 aliphatic carbocycles. The summed E-state index contributed by atoms with van der Waals surface area (Å²) in [6, 6.07) is 3.49. The van der Waals surface area contributed by atoms with E-state index in [1.807, 2.05) is 0 Å². The topological polar surface area (TPSA) is 54.0 Å². The Morgan fingerprint density at radius 3 is 2.20 bits per heavy atom. The van der Waals surface area contributed by atoms with Crippen LogP contribution in [-0.2, 0) is 9.53 Å². The van der Waals surface area contributed by atoms with Crippen molar-refractivity contribution in [3.63, 3.8) is 0 Å². The lowest BCUT2D eigenvalue weighted by molar-refractivity contribution is -0.137. The van der Waals surface area contributed by atoms with E-state index in [1.165, 1.54) is 27.4 Å². The first-order valence-electron chi connectivity index (χ1n) is 5.87. The molecule has 0 spiro atoms. The van der Waals surface area contributed by atoms with Crippen LogP contribution < -0.4 is 14.2 Å². The van der Waals surface area contributed by atoms with Gasteiger partial charge in [-0.2, -0.15) is 0 Å². The van der Waals surface area contributed by atoms with Crippen LogP contribution in [0.1, 0.15) is 5.56 Å². The highest BCUT2D eigenvalue weighted by molar-refractivity contribution is 9.09. The Morgan fingerprint density at radius 2 is 1.75 bits per heavy atom. The molecule has 0 atom stereocenters. The van der Waals surface area contributed by atoms with Crippen molar-refractivity contribution in [2.75, 3.05) is 33.3 Å². The lowest BCUT2D eigenvalue weighted by Gasteiger charge is -2.12. The van der Waals surface area contributed by atoms with Crippen LogP contribution >= 0.6 is 15.9 Å². The first-order chi connectivity index (χ1) is 9.65. The zero-order valence-electron chi connectivity index (χ0n) is 11.6. The monoisotopic (exact) mass is 344 g/mol. The maximum absolute atomic E-state index is 11.4. The van der Waals surface area contributed by atoms with E-state index in [-0.39, 0.29) is 0 Å². The zero-order valence-corrected chi connectivity index (χ0v) is 13.2. The van der Waals surface area contributed by atoms with Gasteiger partial charge >= 0.3 is 5.97 Å². The quantitative estimate of drug-likeness (QED) is 0.432. The molecule has 0 heterocycles. The molecule has 0 bridgehead atoms. The molecule has 0 aromatic heterocycles. The third kappa shape index (κ3) is 4.45. The Balaban J connectivity index is 2.96. The molecule has 1 rings (SSSR count). The Bertz CT molecular complexity index is 459. The molecular formula is C14H17BrO5. The number of hydrogen-bond donors (Lipinski definition) is 0. The van der Waals surface area contributed by atoms with E-state index in [2.05, 4.69) is 15.9 Å². The van der Waals surface area contributed by atoms with Crippen LogP contribution in [0.3, 0.4) is 0 Å². The minimum absolute atomic E-state index is 0.332. The lowest BCUT2D eigenvalue weighted by atomic mass is 10.1. The van der Waals surface area contributed by atoms with Gasteiger partial charge in [0.15, 0.2) is 11.5 Å². The van der Waals surface area contributed by atoms with Crippen molar-refractivity contribution < 1.29 is 23.7 Å². The van der Waals surface area contributed by atoms with Crippen molar-refractivity contribution in [2.45, 2.75) is 0 Å². The van der Waals surface area contributed by atoms with E-state index in [4.69, 9.17) is 18.9 Å². The van der Waals surface area contributed by atoms with Gasteiger partial charge in [0, 0.05) is 11.4 Å². The number of ether oxygens (including phenoxy) is 4. The molecule has 0 unspecified atom stereocenters. The van der Waals surface area contributed by atoms with Crippen molar-refractivity contribution in [3.8, 4) is 17.2 Å². The van der Waals surface area contributed by atoms with Crippen molar-refractivity contribution in [2.24, 2.45) is 0 Å². The summed E-state index contributed by atoms with van der Waals surface area (Å²) >= 11 is 3.18. The van der Waals surface area contributed by atoms with Crippen LogP contribution in [0.4, 0.5) is 0 Å². The predicted octanol–water partition coefficient (Wildman–Crippen LogP) is 2.66. The van der Waals surface area contributed by atoms with Crippen LogP contribution in [0.5, 0.6) is 17.2 Å². The molecule has 0 saturated heterocycles. The molecule has 0 fully saturated rings. The highest BCUT2D eigenvalue weighted by Gasteiger charge is 2.12. The second kappa shape index (κ2) is 8.47. The van der Waals surface area contributed by atoms with Gasteiger partial charge in [-0.15, -0.1) is 0 Å². The van der Waals surface area contributed by atoms with Gasteiger partial charge in [0.05, 0.1) is 21.3 Å². The molecule has 1 aromatic rings. The summed E-state index contributed by atoms with van der Waals surface area (Å²) in [6.45, 7) is 0.332. The Labute approximate surface area is 126 Å². The molecule has 0 radical (unpaired) electrons. The van der Waals surface area contributed by atoms with E-state index >= 15 is 0 Å². The maximum Gasteiger partial charge on any atom is 0.330 e. The summed E-state index contributed by atoms with van der Waals surface area (Å²) in [6.07, 6.45) is 2.98. The highest BCUT2D eigenvalue weighted by atomic mass is 79.9. The molecule has 0 aliphatic rings. The second-order valence-electron chi connectivity index (χ2n) is 3.65. The summed E-state index contributed by atoms with van der Waals surface area (Å²) < 4.78 is 20.6.